The van der Waals surface area contributed by atoms with Gasteiger partial charge in [0.15, 0.2) is 0 Å². The van der Waals surface area contributed by atoms with E-state index >= 15 is 0 Å². The normalized spacial score (nSPS) is 23.7. The fourth-order valence-electron chi connectivity index (χ4n) is 2.36. The van der Waals surface area contributed by atoms with Gasteiger partial charge in [-0.15, -0.1) is 0 Å². The Kier molecular flexibility index (Phi) is 3.94. The second kappa shape index (κ2) is 5.46. The fourth-order valence-corrected chi connectivity index (χ4v) is 2.36. The van der Waals surface area contributed by atoms with Gasteiger partial charge in [0.1, 0.15) is 11.6 Å². The summed E-state index contributed by atoms with van der Waals surface area (Å²) >= 11 is 0. The molecule has 0 saturated heterocycles. The predicted molar refractivity (Wildman–Crippen MR) is 65.2 cm³/mol. The van der Waals surface area contributed by atoms with Crippen LogP contribution in [-0.4, -0.2) is 11.9 Å². The number of carbonyl (C=O) groups excluding carboxylic acids is 1. The van der Waals surface area contributed by atoms with Crippen molar-refractivity contribution in [3.63, 3.8) is 0 Å². The van der Waals surface area contributed by atoms with Crippen LogP contribution in [-0.2, 0) is 0 Å². The van der Waals surface area contributed by atoms with E-state index in [0.717, 1.165) is 43.9 Å². The zero-order chi connectivity index (χ0) is 13.1. The lowest BCUT2D eigenvalue weighted by molar-refractivity contribution is 0.0922. The summed E-state index contributed by atoms with van der Waals surface area (Å²) in [6.45, 7) is 2.19. The van der Waals surface area contributed by atoms with Crippen molar-refractivity contribution in [1.82, 2.24) is 5.32 Å². The number of amides is 1. The van der Waals surface area contributed by atoms with Gasteiger partial charge in [-0.05, 0) is 43.7 Å². The second-order valence-electron chi connectivity index (χ2n) is 5.09. The molecule has 1 saturated carbocycles. The molecule has 0 bridgehead atoms. The number of benzene rings is 1. The van der Waals surface area contributed by atoms with E-state index in [9.17, 15) is 13.6 Å². The SMILES string of the molecule is CC1CCC(NC(=O)c2cc(F)cc(F)c2)CC1. The number of rotatable bonds is 2. The van der Waals surface area contributed by atoms with Crippen LogP contribution in [0.25, 0.3) is 0 Å². The van der Waals surface area contributed by atoms with E-state index in [1.165, 1.54) is 0 Å². The maximum atomic E-state index is 13.0. The maximum Gasteiger partial charge on any atom is 0.251 e. The van der Waals surface area contributed by atoms with Crippen LogP contribution in [0, 0.1) is 17.6 Å². The Morgan fingerprint density at radius 3 is 2.22 bits per heavy atom. The minimum atomic E-state index is -0.725. The molecule has 1 aromatic carbocycles. The fraction of sp³-hybridized carbons (Fsp3) is 0.500. The molecule has 2 nitrogen and oxygen atoms in total. The molecule has 0 unspecified atom stereocenters. The average molecular weight is 253 g/mol. The molecule has 0 atom stereocenters. The van der Waals surface area contributed by atoms with Crippen molar-refractivity contribution in [3.8, 4) is 0 Å². The summed E-state index contributed by atoms with van der Waals surface area (Å²) in [4.78, 5) is 11.9. The van der Waals surface area contributed by atoms with Crippen molar-refractivity contribution in [2.75, 3.05) is 0 Å². The number of hydrogen-bond donors (Lipinski definition) is 1. The molecule has 1 amide bonds. The highest BCUT2D eigenvalue weighted by Crippen LogP contribution is 2.23. The lowest BCUT2D eigenvalue weighted by Crippen LogP contribution is -2.37. The molecule has 0 aromatic heterocycles. The number of halogens is 2. The van der Waals surface area contributed by atoms with Gasteiger partial charge in [0.25, 0.3) is 5.91 Å². The molecule has 2 rings (SSSR count). The molecule has 0 aliphatic heterocycles. The van der Waals surface area contributed by atoms with E-state index in [2.05, 4.69) is 12.2 Å². The molecule has 1 aliphatic carbocycles. The highest BCUT2D eigenvalue weighted by molar-refractivity contribution is 5.94. The van der Waals surface area contributed by atoms with E-state index in [1.807, 2.05) is 0 Å². The van der Waals surface area contributed by atoms with Gasteiger partial charge in [-0.2, -0.15) is 0 Å². The average Bonchev–Trinajstić information content (AvgIpc) is 2.31. The quantitative estimate of drug-likeness (QED) is 0.861. The number of carbonyl (C=O) groups is 1. The monoisotopic (exact) mass is 253 g/mol. The minimum Gasteiger partial charge on any atom is -0.349 e. The highest BCUT2D eigenvalue weighted by atomic mass is 19.1. The summed E-state index contributed by atoms with van der Waals surface area (Å²) in [5.74, 6) is -1.15. The van der Waals surface area contributed by atoms with Crippen molar-refractivity contribution in [2.45, 2.75) is 38.6 Å². The van der Waals surface area contributed by atoms with Gasteiger partial charge in [-0.25, -0.2) is 8.78 Å². The van der Waals surface area contributed by atoms with Gasteiger partial charge in [0, 0.05) is 17.7 Å². The van der Waals surface area contributed by atoms with Crippen LogP contribution in [0.2, 0.25) is 0 Å². The standard InChI is InChI=1S/C14H17F2NO/c1-9-2-4-13(5-3-9)17-14(18)10-6-11(15)8-12(16)7-10/h6-9,13H,2-5H2,1H3,(H,17,18). The largest absolute Gasteiger partial charge is 0.349 e. The molecular weight excluding hydrogens is 236 g/mol. The van der Waals surface area contributed by atoms with Crippen molar-refractivity contribution in [3.05, 3.63) is 35.4 Å². The molecule has 4 heteroatoms. The number of nitrogens with one attached hydrogen (secondary N) is 1. The maximum absolute atomic E-state index is 13.0. The first-order valence-corrected chi connectivity index (χ1v) is 6.31. The molecular formula is C14H17F2NO. The predicted octanol–water partition coefficient (Wildman–Crippen LogP) is 3.27. The van der Waals surface area contributed by atoms with Gasteiger partial charge in [-0.3, -0.25) is 4.79 Å². The van der Waals surface area contributed by atoms with Crippen LogP contribution in [0.3, 0.4) is 0 Å². The van der Waals surface area contributed by atoms with Gasteiger partial charge >= 0.3 is 0 Å². The van der Waals surface area contributed by atoms with E-state index in [0.29, 0.717) is 5.92 Å². The lowest BCUT2D eigenvalue weighted by Gasteiger charge is -2.26. The Morgan fingerprint density at radius 2 is 1.67 bits per heavy atom. The van der Waals surface area contributed by atoms with Gasteiger partial charge < -0.3 is 5.32 Å². The summed E-state index contributed by atoms with van der Waals surface area (Å²) in [5, 5.41) is 2.84. The Labute approximate surface area is 105 Å². The molecule has 0 heterocycles. The Morgan fingerprint density at radius 1 is 1.11 bits per heavy atom. The third kappa shape index (κ3) is 3.28. The minimum absolute atomic E-state index is 0.0473. The Balaban J connectivity index is 1.99. The first kappa shape index (κ1) is 13.0. The van der Waals surface area contributed by atoms with Crippen molar-refractivity contribution >= 4 is 5.91 Å². The van der Waals surface area contributed by atoms with Crippen LogP contribution in [0.1, 0.15) is 43.0 Å². The van der Waals surface area contributed by atoms with E-state index in [4.69, 9.17) is 0 Å². The van der Waals surface area contributed by atoms with Crippen LogP contribution in [0.15, 0.2) is 18.2 Å². The van der Waals surface area contributed by atoms with E-state index in [1.54, 1.807) is 0 Å². The zero-order valence-corrected chi connectivity index (χ0v) is 10.4. The van der Waals surface area contributed by atoms with Crippen LogP contribution < -0.4 is 5.32 Å². The summed E-state index contributed by atoms with van der Waals surface area (Å²) in [7, 11) is 0. The lowest BCUT2D eigenvalue weighted by atomic mass is 9.87. The van der Waals surface area contributed by atoms with Gasteiger partial charge in [0.05, 0.1) is 0 Å². The number of hydrogen-bond acceptors (Lipinski definition) is 1. The molecule has 1 aromatic rings. The van der Waals surface area contributed by atoms with Crippen LogP contribution in [0.4, 0.5) is 8.78 Å². The molecule has 0 spiro atoms. The summed E-state index contributed by atoms with van der Waals surface area (Å²) in [6.07, 6.45) is 4.04. The molecule has 18 heavy (non-hydrogen) atoms. The smallest absolute Gasteiger partial charge is 0.251 e. The van der Waals surface area contributed by atoms with Crippen molar-refractivity contribution < 1.29 is 13.6 Å². The Hall–Kier alpha value is -1.45. The van der Waals surface area contributed by atoms with Gasteiger partial charge in [0.2, 0.25) is 0 Å². The third-order valence-electron chi connectivity index (χ3n) is 3.48. The summed E-state index contributed by atoms with van der Waals surface area (Å²) < 4.78 is 26.0. The zero-order valence-electron chi connectivity index (χ0n) is 10.4. The van der Waals surface area contributed by atoms with Crippen LogP contribution >= 0.6 is 0 Å². The van der Waals surface area contributed by atoms with E-state index < -0.39 is 17.5 Å². The Bertz CT molecular complexity index is 419. The topological polar surface area (TPSA) is 29.1 Å². The second-order valence-corrected chi connectivity index (χ2v) is 5.09. The van der Waals surface area contributed by atoms with Crippen LogP contribution in [0.5, 0.6) is 0 Å². The third-order valence-corrected chi connectivity index (χ3v) is 3.48. The molecule has 1 fully saturated rings. The van der Waals surface area contributed by atoms with Crippen molar-refractivity contribution in [2.24, 2.45) is 5.92 Å². The summed E-state index contributed by atoms with van der Waals surface area (Å²) in [5.41, 5.74) is 0.0473. The molecule has 1 aliphatic rings. The highest BCUT2D eigenvalue weighted by Gasteiger charge is 2.20. The first-order valence-electron chi connectivity index (χ1n) is 6.31. The van der Waals surface area contributed by atoms with Crippen molar-refractivity contribution in [1.29, 1.82) is 0 Å². The molecule has 98 valence electrons. The van der Waals surface area contributed by atoms with Gasteiger partial charge in [-0.1, -0.05) is 6.92 Å². The molecule has 1 N–H and O–H groups in total. The molecule has 0 radical (unpaired) electrons. The first-order chi connectivity index (χ1) is 8.54. The van der Waals surface area contributed by atoms with E-state index in [-0.39, 0.29) is 11.6 Å². The summed E-state index contributed by atoms with van der Waals surface area (Å²) in [6, 6.07) is 3.01.